The molecule has 6 heteroatoms. The first-order valence-corrected chi connectivity index (χ1v) is 7.30. The number of carbonyl (C=O) groups is 2. The highest BCUT2D eigenvalue weighted by atomic mass is 32.2. The van der Waals surface area contributed by atoms with E-state index in [-0.39, 0.29) is 11.7 Å². The van der Waals surface area contributed by atoms with Crippen molar-refractivity contribution in [2.75, 3.05) is 12.9 Å². The summed E-state index contributed by atoms with van der Waals surface area (Å²) in [5.41, 5.74) is 0.748. The fraction of sp³-hybridized carbons (Fsp3) is 0.500. The number of hydrogen-bond acceptors (Lipinski definition) is 6. The summed E-state index contributed by atoms with van der Waals surface area (Å²) in [5, 5.41) is 0. The lowest BCUT2D eigenvalue weighted by atomic mass is 10.2. The average Bonchev–Trinajstić information content (AvgIpc) is 2.36. The molecule has 0 N–H and O–H groups in total. The lowest BCUT2D eigenvalue weighted by Crippen LogP contribution is -2.24. The molecule has 110 valence electrons. The Hall–Kier alpha value is -1.56. The average molecular weight is 297 g/mol. The lowest BCUT2D eigenvalue weighted by molar-refractivity contribution is -0.151. The number of esters is 2. The van der Waals surface area contributed by atoms with Gasteiger partial charge < -0.3 is 9.47 Å². The minimum absolute atomic E-state index is 0.242. The van der Waals surface area contributed by atoms with E-state index in [4.69, 9.17) is 4.74 Å². The van der Waals surface area contributed by atoms with Crippen LogP contribution in [0.2, 0.25) is 0 Å². The maximum atomic E-state index is 11.5. The van der Waals surface area contributed by atoms with Crippen LogP contribution in [-0.4, -0.2) is 35.4 Å². The molecule has 0 aliphatic carbocycles. The molecule has 0 unspecified atom stereocenters. The Balaban J connectivity index is 2.39. The molecule has 0 saturated carbocycles. The van der Waals surface area contributed by atoms with Crippen molar-refractivity contribution < 1.29 is 19.1 Å². The Bertz CT molecular complexity index is 465. The van der Waals surface area contributed by atoms with E-state index < -0.39 is 11.6 Å². The Kier molecular flexibility index (Phi) is 6.01. The van der Waals surface area contributed by atoms with Gasteiger partial charge in [0, 0.05) is 11.9 Å². The van der Waals surface area contributed by atoms with E-state index in [1.54, 1.807) is 12.1 Å². The first-order chi connectivity index (χ1) is 9.31. The topological polar surface area (TPSA) is 65.5 Å². The van der Waals surface area contributed by atoms with Crippen molar-refractivity contribution in [3.05, 3.63) is 29.6 Å². The van der Waals surface area contributed by atoms with Gasteiger partial charge in [-0.3, -0.25) is 9.78 Å². The third-order valence-corrected chi connectivity index (χ3v) is 3.08. The number of ether oxygens (including phenoxy) is 2. The quantitative estimate of drug-likeness (QED) is 0.778. The van der Waals surface area contributed by atoms with Gasteiger partial charge in [0.25, 0.3) is 0 Å². The molecule has 1 aromatic heterocycles. The van der Waals surface area contributed by atoms with Crippen molar-refractivity contribution in [2.24, 2.45) is 0 Å². The molecule has 1 aromatic rings. The largest absolute Gasteiger partial charge is 0.465 e. The Labute approximate surface area is 123 Å². The molecule has 0 radical (unpaired) electrons. The summed E-state index contributed by atoms with van der Waals surface area (Å²) in [6.45, 7) is 5.51. The molecule has 0 spiro atoms. The molecule has 1 heterocycles. The number of carbonyl (C=O) groups excluding carboxylic acids is 2. The number of aromatic nitrogens is 1. The van der Waals surface area contributed by atoms with Gasteiger partial charge in [0.1, 0.15) is 5.60 Å². The van der Waals surface area contributed by atoms with Crippen molar-refractivity contribution in [1.82, 2.24) is 4.98 Å². The van der Waals surface area contributed by atoms with Crippen LogP contribution in [0.1, 0.15) is 36.8 Å². The van der Waals surface area contributed by atoms with Crippen LogP contribution in [0.4, 0.5) is 0 Å². The number of rotatable bonds is 5. The Morgan fingerprint density at radius 3 is 2.50 bits per heavy atom. The van der Waals surface area contributed by atoms with Crippen LogP contribution in [-0.2, 0) is 20.0 Å². The van der Waals surface area contributed by atoms with Gasteiger partial charge in [-0.25, -0.2) is 4.79 Å². The van der Waals surface area contributed by atoms with Crippen LogP contribution in [0, 0.1) is 0 Å². The number of nitrogens with zero attached hydrogens (tertiary/aromatic N) is 1. The molecule has 0 aliphatic rings. The van der Waals surface area contributed by atoms with Gasteiger partial charge in [0.05, 0.1) is 24.1 Å². The van der Waals surface area contributed by atoms with Gasteiger partial charge in [-0.1, -0.05) is 0 Å². The van der Waals surface area contributed by atoms with Crippen LogP contribution in [0.5, 0.6) is 0 Å². The molecule has 0 aliphatic heterocycles. The summed E-state index contributed by atoms with van der Waals surface area (Å²) in [6, 6.07) is 3.40. The van der Waals surface area contributed by atoms with E-state index in [0.717, 1.165) is 5.69 Å². The van der Waals surface area contributed by atoms with Gasteiger partial charge in [-0.15, -0.1) is 11.8 Å². The van der Waals surface area contributed by atoms with Crippen LogP contribution >= 0.6 is 11.8 Å². The molecule has 0 fully saturated rings. The highest BCUT2D eigenvalue weighted by Gasteiger charge is 2.16. The molecule has 0 amide bonds. The summed E-state index contributed by atoms with van der Waals surface area (Å²) >= 11 is 1.42. The molecule has 0 aromatic carbocycles. The number of thioether (sulfide) groups is 1. The summed E-state index contributed by atoms with van der Waals surface area (Å²) < 4.78 is 9.79. The number of methoxy groups -OCH3 is 1. The molecule has 20 heavy (non-hydrogen) atoms. The molecular formula is C14H19NO4S. The van der Waals surface area contributed by atoms with Crippen molar-refractivity contribution in [2.45, 2.75) is 32.1 Å². The van der Waals surface area contributed by atoms with E-state index in [1.807, 2.05) is 20.8 Å². The van der Waals surface area contributed by atoms with Crippen LogP contribution < -0.4 is 0 Å². The standard InChI is InChI=1S/C14H19NO4S/c1-14(2,3)19-12(16)9-20-8-11-6-5-10(7-15-11)13(17)18-4/h5-7H,8-9H2,1-4H3. The lowest BCUT2D eigenvalue weighted by Gasteiger charge is -2.19. The van der Waals surface area contributed by atoms with Crippen molar-refractivity contribution >= 4 is 23.7 Å². The van der Waals surface area contributed by atoms with E-state index in [1.165, 1.54) is 25.1 Å². The second-order valence-corrected chi connectivity index (χ2v) is 6.09. The van der Waals surface area contributed by atoms with Crippen LogP contribution in [0.15, 0.2) is 18.3 Å². The fourth-order valence-corrected chi connectivity index (χ4v) is 2.07. The smallest absolute Gasteiger partial charge is 0.339 e. The molecule has 0 saturated heterocycles. The molecule has 0 atom stereocenters. The summed E-state index contributed by atoms with van der Waals surface area (Å²) in [4.78, 5) is 26.9. The van der Waals surface area contributed by atoms with Crippen molar-refractivity contribution in [1.29, 1.82) is 0 Å². The van der Waals surface area contributed by atoms with Gasteiger partial charge >= 0.3 is 11.9 Å². The van der Waals surface area contributed by atoms with E-state index in [2.05, 4.69) is 9.72 Å². The molecule has 1 rings (SSSR count). The van der Waals surface area contributed by atoms with Gasteiger partial charge in [0.15, 0.2) is 0 Å². The zero-order valence-electron chi connectivity index (χ0n) is 12.1. The number of hydrogen-bond donors (Lipinski definition) is 0. The van der Waals surface area contributed by atoms with Gasteiger partial charge in [-0.2, -0.15) is 0 Å². The fourth-order valence-electron chi connectivity index (χ4n) is 1.36. The minimum Gasteiger partial charge on any atom is -0.465 e. The SMILES string of the molecule is COC(=O)c1ccc(CSCC(=O)OC(C)(C)C)nc1. The zero-order chi connectivity index (χ0) is 15.2. The zero-order valence-corrected chi connectivity index (χ0v) is 13.0. The molecular weight excluding hydrogens is 278 g/mol. The summed E-state index contributed by atoms with van der Waals surface area (Å²) in [7, 11) is 1.33. The van der Waals surface area contributed by atoms with Crippen molar-refractivity contribution in [3.8, 4) is 0 Å². The second-order valence-electron chi connectivity index (χ2n) is 5.11. The highest BCUT2D eigenvalue weighted by Crippen LogP contribution is 2.14. The Morgan fingerprint density at radius 1 is 1.30 bits per heavy atom. The highest BCUT2D eigenvalue weighted by molar-refractivity contribution is 7.99. The third kappa shape index (κ3) is 6.06. The minimum atomic E-state index is -0.460. The second kappa shape index (κ2) is 7.28. The van der Waals surface area contributed by atoms with Crippen LogP contribution in [0.3, 0.4) is 0 Å². The van der Waals surface area contributed by atoms with E-state index in [9.17, 15) is 9.59 Å². The van der Waals surface area contributed by atoms with Gasteiger partial charge in [-0.05, 0) is 32.9 Å². The predicted octanol–water partition coefficient (Wildman–Crippen LogP) is 2.44. The van der Waals surface area contributed by atoms with Crippen LogP contribution in [0.25, 0.3) is 0 Å². The van der Waals surface area contributed by atoms with Gasteiger partial charge in [0.2, 0.25) is 0 Å². The molecule has 0 bridgehead atoms. The number of pyridine rings is 1. The Morgan fingerprint density at radius 2 is 2.00 bits per heavy atom. The van der Waals surface area contributed by atoms with E-state index in [0.29, 0.717) is 11.3 Å². The maximum Gasteiger partial charge on any atom is 0.339 e. The first kappa shape index (κ1) is 16.5. The summed E-state index contributed by atoms with van der Waals surface area (Å²) in [5.74, 6) is 0.206. The molecule has 5 nitrogen and oxygen atoms in total. The maximum absolute atomic E-state index is 11.5. The van der Waals surface area contributed by atoms with E-state index >= 15 is 0 Å². The first-order valence-electron chi connectivity index (χ1n) is 6.14. The predicted molar refractivity (Wildman–Crippen MR) is 77.6 cm³/mol. The van der Waals surface area contributed by atoms with Crippen molar-refractivity contribution in [3.63, 3.8) is 0 Å². The normalized spacial score (nSPS) is 11.0. The third-order valence-electron chi connectivity index (χ3n) is 2.14. The monoisotopic (exact) mass is 297 g/mol. The summed E-state index contributed by atoms with van der Waals surface area (Å²) in [6.07, 6.45) is 1.47.